The molecule has 0 amide bonds. The molecule has 0 aliphatic heterocycles. The molecule has 0 atom stereocenters. The molecule has 1 nitrogen and oxygen atoms in total. The monoisotopic (exact) mass is 237 g/mol. The summed E-state index contributed by atoms with van der Waals surface area (Å²) in [6, 6.07) is 0. The normalized spacial score (nSPS) is 11.8. The Morgan fingerprint density at radius 1 is 1.06 bits per heavy atom. The number of hydrogen-bond donors (Lipinski definition) is 0. The van der Waals surface area contributed by atoms with Crippen LogP contribution in [0.25, 0.3) is 0 Å². The summed E-state index contributed by atoms with van der Waals surface area (Å²) in [5.74, 6) is 0. The van der Waals surface area contributed by atoms with Crippen molar-refractivity contribution in [3.05, 3.63) is 12.1 Å². The molecule has 0 aromatic heterocycles. The van der Waals surface area contributed by atoms with Gasteiger partial charge < -0.3 is 17.7 Å². The second kappa shape index (κ2) is 8.68. The maximum atomic E-state index is 12.0. The van der Waals surface area contributed by atoms with Crippen molar-refractivity contribution in [2.45, 2.75) is 45.4 Å². The van der Waals surface area contributed by atoms with E-state index in [0.29, 0.717) is 6.61 Å². The van der Waals surface area contributed by atoms with Crippen LogP contribution in [0.15, 0.2) is 12.1 Å². The quantitative estimate of drug-likeness (QED) is 0.406. The maximum absolute atomic E-state index is 12.0. The molecule has 96 valence electrons. The van der Waals surface area contributed by atoms with Gasteiger partial charge in [-0.1, -0.05) is 39.0 Å². The van der Waals surface area contributed by atoms with E-state index in [2.05, 4.69) is 13.5 Å². The van der Waals surface area contributed by atoms with E-state index < -0.39 is 12.4 Å². The first-order chi connectivity index (χ1) is 7.48. The molecule has 0 radical (unpaired) electrons. The minimum Gasteiger partial charge on any atom is -0.445 e. The minimum atomic E-state index is -4.92. The third kappa shape index (κ3) is 8.83. The molecule has 0 unspecified atom stereocenters. The van der Waals surface area contributed by atoms with Crippen LogP contribution in [-0.4, -0.2) is 20.2 Å². The third-order valence-corrected chi connectivity index (χ3v) is 2.39. The van der Waals surface area contributed by atoms with E-state index >= 15 is 0 Å². The summed E-state index contributed by atoms with van der Waals surface area (Å²) in [5, 5.41) is 0. The van der Waals surface area contributed by atoms with Gasteiger partial charge in [-0.25, -0.2) is 0 Å². The Bertz CT molecular complexity index is 192. The largest absolute Gasteiger partial charge is 0.507 e. The van der Waals surface area contributed by atoms with Gasteiger partial charge in [-0.3, -0.25) is 0 Å². The van der Waals surface area contributed by atoms with Gasteiger partial charge in [0.05, 0.1) is 0 Å². The fraction of sp³-hybridized carbons (Fsp3) is 0.818. The van der Waals surface area contributed by atoms with E-state index in [-0.39, 0.29) is 6.61 Å². The van der Waals surface area contributed by atoms with E-state index in [1.54, 1.807) is 0 Å². The Morgan fingerprint density at radius 2 is 1.62 bits per heavy atom. The van der Waals surface area contributed by atoms with Crippen LogP contribution in [0.2, 0.25) is 0 Å². The number of hydrogen-bond acceptors (Lipinski definition) is 1. The summed E-state index contributed by atoms with van der Waals surface area (Å²) in [6.07, 6.45) is 6.64. The van der Waals surface area contributed by atoms with Gasteiger partial charge in [-0.15, -0.1) is 12.1 Å². The highest BCUT2D eigenvalue weighted by atomic mass is 19.4. The molecule has 16 heavy (non-hydrogen) atoms. The van der Waals surface area contributed by atoms with E-state index in [9.17, 15) is 12.9 Å². The Hall–Kier alpha value is -0.445. The molecule has 0 aliphatic carbocycles. The fourth-order valence-electron chi connectivity index (χ4n) is 1.28. The summed E-state index contributed by atoms with van der Waals surface area (Å²) < 4.78 is 41.1. The summed E-state index contributed by atoms with van der Waals surface area (Å²) in [5.41, 5.74) is -0.744. The van der Waals surface area contributed by atoms with Crippen molar-refractivity contribution in [1.29, 1.82) is 0 Å². The number of rotatable bonds is 10. The molecular formula is C11H21BF3O-. The number of ether oxygens (including phenoxy) is 1. The average Bonchev–Trinajstić information content (AvgIpc) is 2.20. The van der Waals surface area contributed by atoms with Crippen molar-refractivity contribution in [3.63, 3.8) is 0 Å². The van der Waals surface area contributed by atoms with E-state index in [1.807, 2.05) is 0 Å². The van der Waals surface area contributed by atoms with Crippen molar-refractivity contribution >= 4 is 6.98 Å². The highest BCUT2D eigenvalue weighted by Crippen LogP contribution is 2.18. The molecular weight excluding hydrogens is 216 g/mol. The van der Waals surface area contributed by atoms with Gasteiger partial charge >= 0.3 is 6.98 Å². The maximum Gasteiger partial charge on any atom is 0.507 e. The van der Waals surface area contributed by atoms with Crippen LogP contribution in [0, 0.1) is 0 Å². The molecule has 0 saturated heterocycles. The van der Waals surface area contributed by atoms with Gasteiger partial charge in [-0.05, 0) is 6.42 Å². The molecule has 0 spiro atoms. The molecule has 0 heterocycles. The molecule has 0 bridgehead atoms. The van der Waals surface area contributed by atoms with Crippen molar-refractivity contribution in [2.24, 2.45) is 0 Å². The molecule has 0 aliphatic rings. The minimum absolute atomic E-state index is 0.377. The van der Waals surface area contributed by atoms with E-state index in [1.165, 1.54) is 19.3 Å². The highest BCUT2D eigenvalue weighted by Gasteiger charge is 2.26. The average molecular weight is 237 g/mol. The first-order valence-corrected chi connectivity index (χ1v) is 5.93. The smallest absolute Gasteiger partial charge is 0.445 e. The Morgan fingerprint density at radius 3 is 2.19 bits per heavy atom. The van der Waals surface area contributed by atoms with Gasteiger partial charge in [0, 0.05) is 13.2 Å². The van der Waals surface area contributed by atoms with Gasteiger partial charge in [0.15, 0.2) is 0 Å². The molecule has 5 heteroatoms. The zero-order valence-corrected chi connectivity index (χ0v) is 9.98. The van der Waals surface area contributed by atoms with Crippen molar-refractivity contribution < 1.29 is 17.7 Å². The Balaban J connectivity index is 3.25. The van der Waals surface area contributed by atoms with Gasteiger partial charge in [0.25, 0.3) is 0 Å². The van der Waals surface area contributed by atoms with Crippen molar-refractivity contribution in [3.8, 4) is 0 Å². The highest BCUT2D eigenvalue weighted by molar-refractivity contribution is 6.66. The third-order valence-electron chi connectivity index (χ3n) is 2.39. The second-order valence-electron chi connectivity index (χ2n) is 4.05. The lowest BCUT2D eigenvalue weighted by molar-refractivity contribution is 0.152. The number of unbranched alkanes of at least 4 members (excludes halogenated alkanes) is 5. The van der Waals surface area contributed by atoms with Gasteiger partial charge in [0.1, 0.15) is 0 Å². The van der Waals surface area contributed by atoms with Crippen LogP contribution >= 0.6 is 0 Å². The van der Waals surface area contributed by atoms with Crippen LogP contribution in [0.4, 0.5) is 12.9 Å². The molecule has 0 aromatic rings. The standard InChI is InChI=1S/C11H21BF3O/c1-3-4-5-6-7-8-9-16-10-11(2)12(13,14)15/h2-10H2,1H3/q-1. The molecule has 0 fully saturated rings. The van der Waals surface area contributed by atoms with Crippen molar-refractivity contribution in [2.75, 3.05) is 13.2 Å². The van der Waals surface area contributed by atoms with E-state index in [0.717, 1.165) is 19.3 Å². The first kappa shape index (κ1) is 15.6. The fourth-order valence-corrected chi connectivity index (χ4v) is 1.28. The Kier molecular flexibility index (Phi) is 8.44. The predicted molar refractivity (Wildman–Crippen MR) is 62.4 cm³/mol. The number of halogens is 3. The molecule has 0 rings (SSSR count). The van der Waals surface area contributed by atoms with Crippen LogP contribution < -0.4 is 0 Å². The summed E-state index contributed by atoms with van der Waals surface area (Å²) >= 11 is 0. The SMILES string of the molecule is C=C(COCCCCCCCC)[B-](F)(F)F. The summed E-state index contributed by atoms with van der Waals surface area (Å²) in [4.78, 5) is 0. The van der Waals surface area contributed by atoms with Crippen molar-refractivity contribution in [1.82, 2.24) is 0 Å². The lowest BCUT2D eigenvalue weighted by atomic mass is 9.81. The van der Waals surface area contributed by atoms with Crippen LogP contribution in [-0.2, 0) is 4.74 Å². The summed E-state index contributed by atoms with van der Waals surface area (Å²) in [6.45, 7) is 0.207. The predicted octanol–water partition coefficient (Wildman–Crippen LogP) is 4.31. The zero-order chi connectivity index (χ0) is 12.4. The van der Waals surface area contributed by atoms with Crippen LogP contribution in [0.1, 0.15) is 45.4 Å². The molecule has 0 saturated carbocycles. The molecule has 0 N–H and O–H groups in total. The first-order valence-electron chi connectivity index (χ1n) is 5.93. The lowest BCUT2D eigenvalue weighted by Gasteiger charge is -2.17. The van der Waals surface area contributed by atoms with E-state index in [4.69, 9.17) is 4.74 Å². The second-order valence-corrected chi connectivity index (χ2v) is 4.05. The zero-order valence-electron chi connectivity index (χ0n) is 9.98. The van der Waals surface area contributed by atoms with Crippen LogP contribution in [0.5, 0.6) is 0 Å². The topological polar surface area (TPSA) is 9.23 Å². The van der Waals surface area contributed by atoms with Gasteiger partial charge in [-0.2, -0.15) is 0 Å². The lowest BCUT2D eigenvalue weighted by Crippen LogP contribution is -2.22. The van der Waals surface area contributed by atoms with Gasteiger partial charge in [0.2, 0.25) is 0 Å². The molecule has 0 aromatic carbocycles. The Labute approximate surface area is 96.1 Å². The van der Waals surface area contributed by atoms with Crippen LogP contribution in [0.3, 0.4) is 0 Å². The summed E-state index contributed by atoms with van der Waals surface area (Å²) in [7, 11) is 0.